The van der Waals surface area contributed by atoms with Gasteiger partial charge in [-0.05, 0) is 25.5 Å². The van der Waals surface area contributed by atoms with Gasteiger partial charge in [0.05, 0.1) is 0 Å². The lowest BCUT2D eigenvalue weighted by Gasteiger charge is -2.35. The van der Waals surface area contributed by atoms with Crippen molar-refractivity contribution in [1.29, 1.82) is 0 Å². The largest absolute Gasteiger partial charge is 0.505 e. The number of benzene rings is 1. The van der Waals surface area contributed by atoms with Crippen LogP contribution in [0.2, 0.25) is 5.02 Å². The van der Waals surface area contributed by atoms with Crippen LogP contribution >= 0.6 is 36.4 Å². The van der Waals surface area contributed by atoms with Gasteiger partial charge >= 0.3 is 0 Å². The number of nitrogens with one attached hydrogen (secondary N) is 1. The molecule has 0 aliphatic carbocycles. The minimum Gasteiger partial charge on any atom is -0.505 e. The summed E-state index contributed by atoms with van der Waals surface area (Å²) in [5, 5.41) is 13.6. The molecule has 0 saturated carbocycles. The lowest BCUT2D eigenvalue weighted by Crippen LogP contribution is -2.45. The van der Waals surface area contributed by atoms with E-state index < -0.39 is 5.82 Å². The van der Waals surface area contributed by atoms with Crippen LogP contribution in [0.3, 0.4) is 0 Å². The number of hydrogen-bond donors (Lipinski definition) is 2. The van der Waals surface area contributed by atoms with Gasteiger partial charge in [-0.2, -0.15) is 0 Å². The fourth-order valence-electron chi connectivity index (χ4n) is 2.60. The monoisotopic (exact) mass is 370 g/mol. The van der Waals surface area contributed by atoms with E-state index in [2.05, 4.69) is 16.8 Å². The number of nitrogens with zero attached hydrogens (tertiary/aromatic N) is 1. The summed E-state index contributed by atoms with van der Waals surface area (Å²) in [6.07, 6.45) is 0.674. The van der Waals surface area contributed by atoms with Crippen LogP contribution in [0, 0.1) is 5.82 Å². The molecule has 22 heavy (non-hydrogen) atoms. The van der Waals surface area contributed by atoms with Crippen molar-refractivity contribution < 1.29 is 9.50 Å². The molecule has 1 fully saturated rings. The van der Waals surface area contributed by atoms with Crippen molar-refractivity contribution in [1.82, 2.24) is 10.2 Å². The second-order valence-corrected chi connectivity index (χ2v) is 5.72. The van der Waals surface area contributed by atoms with Crippen molar-refractivity contribution in [2.75, 3.05) is 26.2 Å². The Hall–Kier alpha value is -0.520. The van der Waals surface area contributed by atoms with Crippen molar-refractivity contribution in [3.05, 3.63) is 40.7 Å². The zero-order valence-corrected chi connectivity index (χ0v) is 14.8. The van der Waals surface area contributed by atoms with Gasteiger partial charge in [-0.1, -0.05) is 17.2 Å². The number of phenolic OH excluding ortho intramolecular Hbond substituents is 1. The van der Waals surface area contributed by atoms with Crippen LogP contribution in [0.25, 0.3) is 0 Å². The first-order chi connectivity index (χ1) is 9.49. The van der Waals surface area contributed by atoms with Gasteiger partial charge in [0, 0.05) is 42.8 Å². The van der Waals surface area contributed by atoms with Gasteiger partial charge in [0.15, 0.2) is 11.6 Å². The molecule has 126 valence electrons. The number of halogens is 4. The predicted octanol–water partition coefficient (Wildman–Crippen LogP) is 3.94. The zero-order chi connectivity index (χ0) is 14.7. The van der Waals surface area contributed by atoms with Crippen LogP contribution in [0.15, 0.2) is 24.3 Å². The highest BCUT2D eigenvalue weighted by Gasteiger charge is 2.26. The topological polar surface area (TPSA) is 35.5 Å². The van der Waals surface area contributed by atoms with Crippen LogP contribution in [0.4, 0.5) is 4.39 Å². The molecular formula is C15H22Cl3FN2O. The molecule has 1 heterocycles. The molecule has 7 heteroatoms. The second kappa shape index (κ2) is 9.58. The summed E-state index contributed by atoms with van der Waals surface area (Å²) in [5.74, 6) is -0.978. The van der Waals surface area contributed by atoms with E-state index in [1.807, 2.05) is 6.92 Å². The Morgan fingerprint density at radius 1 is 1.41 bits per heavy atom. The van der Waals surface area contributed by atoms with Gasteiger partial charge in [-0.3, -0.25) is 4.90 Å². The fourth-order valence-corrected chi connectivity index (χ4v) is 2.81. The molecule has 0 unspecified atom stereocenters. The molecule has 1 aliphatic heterocycles. The van der Waals surface area contributed by atoms with E-state index in [0.29, 0.717) is 17.0 Å². The molecule has 2 N–H and O–H groups in total. The van der Waals surface area contributed by atoms with E-state index >= 15 is 0 Å². The highest BCUT2D eigenvalue weighted by atomic mass is 35.5. The van der Waals surface area contributed by atoms with Gasteiger partial charge in [0.25, 0.3) is 0 Å². The average Bonchev–Trinajstić information content (AvgIpc) is 2.41. The first-order valence-corrected chi connectivity index (χ1v) is 7.14. The average molecular weight is 372 g/mol. The Labute approximate surface area is 148 Å². The molecule has 1 aromatic rings. The summed E-state index contributed by atoms with van der Waals surface area (Å²) >= 11 is 5.94. The number of piperazine rings is 1. The Balaban J connectivity index is 0.00000220. The molecule has 0 bridgehead atoms. The first-order valence-electron chi connectivity index (χ1n) is 6.76. The summed E-state index contributed by atoms with van der Waals surface area (Å²) in [4.78, 5) is 2.23. The molecule has 0 aromatic heterocycles. The van der Waals surface area contributed by atoms with Crippen LogP contribution < -0.4 is 5.32 Å². The second-order valence-electron chi connectivity index (χ2n) is 5.29. The number of rotatable bonds is 4. The van der Waals surface area contributed by atoms with Gasteiger partial charge in [-0.25, -0.2) is 4.39 Å². The molecule has 3 nitrogen and oxygen atoms in total. The normalized spacial score (nSPS) is 16.3. The summed E-state index contributed by atoms with van der Waals surface area (Å²) in [6, 6.07) is 2.69. The van der Waals surface area contributed by atoms with Crippen LogP contribution in [0.1, 0.15) is 24.9 Å². The van der Waals surface area contributed by atoms with Crippen molar-refractivity contribution >= 4 is 36.4 Å². The molecule has 2 rings (SSSR count). The van der Waals surface area contributed by atoms with Gasteiger partial charge in [0.1, 0.15) is 0 Å². The summed E-state index contributed by atoms with van der Waals surface area (Å²) in [5.41, 5.74) is 1.54. The third kappa shape index (κ3) is 5.28. The molecule has 1 atom stereocenters. The molecule has 1 aliphatic rings. The van der Waals surface area contributed by atoms with Crippen LogP contribution in [-0.2, 0) is 0 Å². The molecule has 0 spiro atoms. The van der Waals surface area contributed by atoms with Gasteiger partial charge < -0.3 is 10.4 Å². The fraction of sp³-hybridized carbons (Fsp3) is 0.467. The minimum absolute atomic E-state index is 0. The maximum atomic E-state index is 13.7. The van der Waals surface area contributed by atoms with Gasteiger partial charge in [-0.15, -0.1) is 31.4 Å². The maximum absolute atomic E-state index is 13.7. The van der Waals surface area contributed by atoms with Crippen LogP contribution in [-0.4, -0.2) is 36.2 Å². The molecule has 1 aromatic carbocycles. The van der Waals surface area contributed by atoms with Gasteiger partial charge in [0.2, 0.25) is 0 Å². The van der Waals surface area contributed by atoms with E-state index in [1.165, 1.54) is 0 Å². The molecular weight excluding hydrogens is 350 g/mol. The first kappa shape index (κ1) is 21.5. The molecule has 0 radical (unpaired) electrons. The van der Waals surface area contributed by atoms with E-state index in [0.717, 1.165) is 37.8 Å². The highest BCUT2D eigenvalue weighted by molar-refractivity contribution is 6.30. The molecule has 1 saturated heterocycles. The number of hydrogen-bond acceptors (Lipinski definition) is 3. The van der Waals surface area contributed by atoms with Crippen molar-refractivity contribution in [2.45, 2.75) is 19.4 Å². The smallest absolute Gasteiger partial charge is 0.166 e. The highest BCUT2D eigenvalue weighted by Crippen LogP contribution is 2.36. The third-order valence-electron chi connectivity index (χ3n) is 3.55. The summed E-state index contributed by atoms with van der Waals surface area (Å²) < 4.78 is 13.7. The zero-order valence-electron chi connectivity index (χ0n) is 12.4. The Bertz CT molecular complexity index is 508. The van der Waals surface area contributed by atoms with E-state index in [9.17, 15) is 9.50 Å². The van der Waals surface area contributed by atoms with Crippen molar-refractivity contribution in [3.8, 4) is 5.75 Å². The Kier molecular flexibility index (Phi) is 9.35. The lowest BCUT2D eigenvalue weighted by atomic mass is 9.97. The van der Waals surface area contributed by atoms with Crippen LogP contribution in [0.5, 0.6) is 5.75 Å². The SMILES string of the molecule is C=C(C)C[C@H](c1cc(Cl)cc(F)c1O)N1CCNCC1.Cl.Cl. The Morgan fingerprint density at radius 3 is 2.55 bits per heavy atom. The van der Waals surface area contributed by atoms with Crippen molar-refractivity contribution in [2.24, 2.45) is 0 Å². The summed E-state index contributed by atoms with van der Waals surface area (Å²) in [6.45, 7) is 9.35. The lowest BCUT2D eigenvalue weighted by molar-refractivity contribution is 0.169. The van der Waals surface area contributed by atoms with Crippen molar-refractivity contribution in [3.63, 3.8) is 0 Å². The van der Waals surface area contributed by atoms with E-state index in [1.54, 1.807) is 6.07 Å². The van der Waals surface area contributed by atoms with E-state index in [-0.39, 0.29) is 36.6 Å². The number of aromatic hydroxyl groups is 1. The maximum Gasteiger partial charge on any atom is 0.166 e. The van der Waals surface area contributed by atoms with E-state index in [4.69, 9.17) is 11.6 Å². The number of phenols is 1. The standard InChI is InChI=1S/C15H20ClFN2O.2ClH/c1-10(2)7-14(19-5-3-18-4-6-19)12-8-11(16)9-13(17)15(12)20;;/h8-9,14,18,20H,1,3-7H2,2H3;2*1H/t14-;;/m1../s1. The third-order valence-corrected chi connectivity index (χ3v) is 3.77. The summed E-state index contributed by atoms with van der Waals surface area (Å²) in [7, 11) is 0. The quantitative estimate of drug-likeness (QED) is 0.787. The predicted molar refractivity (Wildman–Crippen MR) is 94.2 cm³/mol. The minimum atomic E-state index is -0.672. The molecule has 0 amide bonds. The Morgan fingerprint density at radius 2 is 2.00 bits per heavy atom.